The van der Waals surface area contributed by atoms with Gasteiger partial charge < -0.3 is 9.72 Å². The van der Waals surface area contributed by atoms with Crippen LogP contribution in [0.2, 0.25) is 5.02 Å². The number of imidazole rings is 1. The van der Waals surface area contributed by atoms with Crippen LogP contribution in [-0.2, 0) is 0 Å². The van der Waals surface area contributed by atoms with E-state index in [1.165, 1.54) is 0 Å². The lowest BCUT2D eigenvalue weighted by Crippen LogP contribution is -2.13. The molecule has 22 heavy (non-hydrogen) atoms. The molecule has 3 aromatic rings. The number of aromatic nitrogens is 2. The third-order valence-corrected chi connectivity index (χ3v) is 3.81. The van der Waals surface area contributed by atoms with Gasteiger partial charge in [0.05, 0.1) is 16.4 Å². The number of fused-ring (bicyclic) bond motifs is 1. The summed E-state index contributed by atoms with van der Waals surface area (Å²) in [6, 6.07) is 7.36. The minimum Gasteiger partial charge on any atom is -0.320 e. The van der Waals surface area contributed by atoms with E-state index < -0.39 is 0 Å². The van der Waals surface area contributed by atoms with Crippen molar-refractivity contribution in [1.29, 1.82) is 0 Å². The number of benzene rings is 1. The average Bonchev–Trinajstić information content (AvgIpc) is 2.81. The van der Waals surface area contributed by atoms with E-state index in [2.05, 4.69) is 10.3 Å². The highest BCUT2D eigenvalue weighted by atomic mass is 35.5. The molecule has 0 aliphatic carbocycles. The number of hydrogen-bond acceptors (Lipinski definition) is 2. The van der Waals surface area contributed by atoms with Crippen molar-refractivity contribution < 1.29 is 4.79 Å². The molecule has 0 spiro atoms. The largest absolute Gasteiger partial charge is 0.320 e. The van der Waals surface area contributed by atoms with Crippen LogP contribution in [0.1, 0.15) is 27.2 Å². The van der Waals surface area contributed by atoms with E-state index >= 15 is 0 Å². The Balaban J connectivity index is 1.93. The number of carbonyl (C=O) groups excluding carboxylic acids is 1. The monoisotopic (exact) mass is 313 g/mol. The second-order valence-corrected chi connectivity index (χ2v) is 5.86. The van der Waals surface area contributed by atoms with E-state index in [-0.39, 0.29) is 5.91 Å². The lowest BCUT2D eigenvalue weighted by atomic mass is 10.1. The Morgan fingerprint density at radius 2 is 2.00 bits per heavy atom. The zero-order valence-corrected chi connectivity index (χ0v) is 13.4. The van der Waals surface area contributed by atoms with Gasteiger partial charge in [0.1, 0.15) is 5.65 Å². The van der Waals surface area contributed by atoms with Crippen molar-refractivity contribution in [3.05, 3.63) is 64.1 Å². The zero-order chi connectivity index (χ0) is 15.9. The highest BCUT2D eigenvalue weighted by Crippen LogP contribution is 2.27. The Labute approximate surface area is 133 Å². The minimum atomic E-state index is -0.197. The first-order valence-electron chi connectivity index (χ1n) is 6.97. The first-order chi connectivity index (χ1) is 10.4. The Morgan fingerprint density at radius 1 is 1.23 bits per heavy atom. The molecule has 1 N–H and O–H groups in total. The molecule has 1 aromatic carbocycles. The van der Waals surface area contributed by atoms with Gasteiger partial charge in [-0.1, -0.05) is 17.7 Å². The highest BCUT2D eigenvalue weighted by molar-refractivity contribution is 6.34. The van der Waals surface area contributed by atoms with Gasteiger partial charge in [-0.05, 0) is 50.1 Å². The van der Waals surface area contributed by atoms with E-state index in [0.29, 0.717) is 16.3 Å². The molecule has 0 bridgehead atoms. The molecule has 0 saturated heterocycles. The van der Waals surface area contributed by atoms with Gasteiger partial charge in [0.15, 0.2) is 0 Å². The Bertz CT molecular complexity index is 860. The number of hydrogen-bond donors (Lipinski definition) is 1. The number of anilines is 1. The molecule has 2 aromatic heterocycles. The van der Waals surface area contributed by atoms with E-state index in [1.54, 1.807) is 12.1 Å². The van der Waals surface area contributed by atoms with E-state index in [4.69, 9.17) is 11.6 Å². The molecule has 112 valence electrons. The maximum atomic E-state index is 12.4. The summed E-state index contributed by atoms with van der Waals surface area (Å²) >= 11 is 6.23. The van der Waals surface area contributed by atoms with Crippen LogP contribution >= 0.6 is 11.6 Å². The van der Waals surface area contributed by atoms with Crippen molar-refractivity contribution in [2.45, 2.75) is 20.8 Å². The van der Waals surface area contributed by atoms with Crippen LogP contribution in [0.5, 0.6) is 0 Å². The summed E-state index contributed by atoms with van der Waals surface area (Å²) in [5, 5.41) is 3.43. The van der Waals surface area contributed by atoms with Gasteiger partial charge in [0, 0.05) is 18.0 Å². The summed E-state index contributed by atoms with van der Waals surface area (Å²) in [5.41, 5.74) is 4.86. The standard InChI is InChI=1S/C17H16ClN3O/c1-10-6-11(2)16(14(18)7-10)20-17(22)13-4-5-21-9-12(3)19-15(21)8-13/h4-9H,1-3H3,(H,20,22). The summed E-state index contributed by atoms with van der Waals surface area (Å²) < 4.78 is 1.89. The Morgan fingerprint density at radius 3 is 2.73 bits per heavy atom. The SMILES string of the molecule is Cc1cc(C)c(NC(=O)c2ccn3cc(C)nc3c2)c(Cl)c1. The third kappa shape index (κ3) is 2.70. The van der Waals surface area contributed by atoms with Crippen LogP contribution in [0.15, 0.2) is 36.7 Å². The fourth-order valence-electron chi connectivity index (χ4n) is 2.51. The summed E-state index contributed by atoms with van der Waals surface area (Å²) in [5.74, 6) is -0.197. The second-order valence-electron chi connectivity index (χ2n) is 5.46. The molecule has 0 atom stereocenters. The van der Waals surface area contributed by atoms with Crippen LogP contribution in [0.4, 0.5) is 5.69 Å². The molecule has 3 rings (SSSR count). The number of aryl methyl sites for hydroxylation is 3. The van der Waals surface area contributed by atoms with Crippen LogP contribution in [0.3, 0.4) is 0 Å². The van der Waals surface area contributed by atoms with Gasteiger partial charge in [-0.15, -0.1) is 0 Å². The quantitative estimate of drug-likeness (QED) is 0.772. The summed E-state index contributed by atoms with van der Waals surface area (Å²) in [4.78, 5) is 16.8. The lowest BCUT2D eigenvalue weighted by molar-refractivity contribution is 0.102. The molecule has 0 radical (unpaired) electrons. The number of nitrogens with one attached hydrogen (secondary N) is 1. The first-order valence-corrected chi connectivity index (χ1v) is 7.35. The van der Waals surface area contributed by atoms with Crippen LogP contribution in [-0.4, -0.2) is 15.3 Å². The lowest BCUT2D eigenvalue weighted by Gasteiger charge is -2.11. The van der Waals surface area contributed by atoms with Crippen molar-refractivity contribution in [2.24, 2.45) is 0 Å². The molecule has 0 fully saturated rings. The number of carbonyl (C=O) groups is 1. The number of amides is 1. The normalized spacial score (nSPS) is 10.9. The Hall–Kier alpha value is -2.33. The molecule has 0 unspecified atom stereocenters. The Kier molecular flexibility index (Phi) is 3.62. The van der Waals surface area contributed by atoms with E-state index in [0.717, 1.165) is 22.5 Å². The maximum Gasteiger partial charge on any atom is 0.255 e. The van der Waals surface area contributed by atoms with E-state index in [1.807, 2.05) is 49.7 Å². The molecular weight excluding hydrogens is 298 g/mol. The average molecular weight is 314 g/mol. The number of nitrogens with zero attached hydrogens (tertiary/aromatic N) is 2. The summed E-state index contributed by atoms with van der Waals surface area (Å²) in [6.07, 6.45) is 3.74. The predicted octanol–water partition coefficient (Wildman–Crippen LogP) is 4.17. The highest BCUT2D eigenvalue weighted by Gasteiger charge is 2.12. The fourth-order valence-corrected chi connectivity index (χ4v) is 2.88. The molecule has 5 heteroatoms. The smallest absolute Gasteiger partial charge is 0.255 e. The molecule has 0 aliphatic rings. The van der Waals surface area contributed by atoms with Crippen molar-refractivity contribution in [2.75, 3.05) is 5.32 Å². The minimum absolute atomic E-state index is 0.197. The van der Waals surface area contributed by atoms with Crippen LogP contribution < -0.4 is 5.32 Å². The predicted molar refractivity (Wildman–Crippen MR) is 88.8 cm³/mol. The van der Waals surface area contributed by atoms with Crippen molar-refractivity contribution >= 4 is 28.8 Å². The van der Waals surface area contributed by atoms with Crippen molar-refractivity contribution in [3.63, 3.8) is 0 Å². The molecule has 0 saturated carbocycles. The van der Waals surface area contributed by atoms with Crippen molar-refractivity contribution in [3.8, 4) is 0 Å². The molecule has 0 aliphatic heterocycles. The maximum absolute atomic E-state index is 12.4. The molecular formula is C17H16ClN3O. The van der Waals surface area contributed by atoms with Gasteiger partial charge in [-0.2, -0.15) is 0 Å². The topological polar surface area (TPSA) is 46.4 Å². The van der Waals surface area contributed by atoms with Gasteiger partial charge >= 0.3 is 0 Å². The van der Waals surface area contributed by atoms with Gasteiger partial charge in [0.2, 0.25) is 0 Å². The fraction of sp³-hybridized carbons (Fsp3) is 0.176. The summed E-state index contributed by atoms with van der Waals surface area (Å²) in [6.45, 7) is 5.82. The van der Waals surface area contributed by atoms with Gasteiger partial charge in [-0.25, -0.2) is 4.98 Å². The van der Waals surface area contributed by atoms with Crippen LogP contribution in [0, 0.1) is 20.8 Å². The molecule has 1 amide bonds. The zero-order valence-electron chi connectivity index (χ0n) is 12.6. The molecule has 2 heterocycles. The van der Waals surface area contributed by atoms with E-state index in [9.17, 15) is 4.79 Å². The molecule has 4 nitrogen and oxygen atoms in total. The van der Waals surface area contributed by atoms with Crippen LogP contribution in [0.25, 0.3) is 5.65 Å². The third-order valence-electron chi connectivity index (χ3n) is 3.51. The van der Waals surface area contributed by atoms with Crippen molar-refractivity contribution in [1.82, 2.24) is 9.38 Å². The van der Waals surface area contributed by atoms with Gasteiger partial charge in [-0.3, -0.25) is 4.79 Å². The summed E-state index contributed by atoms with van der Waals surface area (Å²) in [7, 11) is 0. The second kappa shape index (κ2) is 5.46. The number of halogens is 1. The number of rotatable bonds is 2. The number of pyridine rings is 1. The first kappa shape index (κ1) is 14.6. The van der Waals surface area contributed by atoms with Gasteiger partial charge in [0.25, 0.3) is 5.91 Å².